The van der Waals surface area contributed by atoms with Gasteiger partial charge in [-0.2, -0.15) is 0 Å². The van der Waals surface area contributed by atoms with Gasteiger partial charge in [0.25, 0.3) is 0 Å². The van der Waals surface area contributed by atoms with Gasteiger partial charge < -0.3 is 24.3 Å². The molecule has 0 saturated heterocycles. The third-order valence-corrected chi connectivity index (χ3v) is 3.89. The molecule has 0 aromatic heterocycles. The molecule has 6 nitrogen and oxygen atoms in total. The van der Waals surface area contributed by atoms with Gasteiger partial charge in [-0.15, -0.1) is 0 Å². The zero-order valence-electron chi connectivity index (χ0n) is 14.5. The zero-order valence-corrected chi connectivity index (χ0v) is 15.3. The smallest absolute Gasteiger partial charge is 0.229 e. The average Bonchev–Trinajstić information content (AvgIpc) is 2.62. The number of carbonyl (C=O) groups excluding carboxylic acids is 1. The molecule has 0 bridgehead atoms. The van der Waals surface area contributed by atoms with Crippen LogP contribution in [0.25, 0.3) is 0 Å². The lowest BCUT2D eigenvalue weighted by atomic mass is 10.1. The zero-order chi connectivity index (χ0) is 18.4. The van der Waals surface area contributed by atoms with E-state index in [0.717, 1.165) is 5.56 Å². The topological polar surface area (TPSA) is 66.0 Å². The number of hydrogen-bond acceptors (Lipinski definition) is 5. The monoisotopic (exact) mass is 365 g/mol. The fraction of sp³-hybridized carbons (Fsp3) is 0.278. The third kappa shape index (κ3) is 4.48. The van der Waals surface area contributed by atoms with Gasteiger partial charge in [0.1, 0.15) is 23.0 Å². The highest BCUT2D eigenvalue weighted by Gasteiger charge is 2.15. The molecule has 1 amide bonds. The summed E-state index contributed by atoms with van der Waals surface area (Å²) in [4.78, 5) is 12.4. The second-order valence-electron chi connectivity index (χ2n) is 5.09. The van der Waals surface area contributed by atoms with Crippen molar-refractivity contribution in [1.29, 1.82) is 0 Å². The molecule has 0 heterocycles. The molecule has 0 aliphatic heterocycles. The van der Waals surface area contributed by atoms with Crippen molar-refractivity contribution >= 4 is 23.2 Å². The lowest BCUT2D eigenvalue weighted by Gasteiger charge is -2.14. The SMILES string of the molecule is COc1ccc(CC(=O)Nc2cc(OC)c(Cl)cc2OC)c(OC)c1. The maximum absolute atomic E-state index is 12.4. The molecule has 0 atom stereocenters. The van der Waals surface area contributed by atoms with E-state index in [1.165, 1.54) is 14.2 Å². The number of methoxy groups -OCH3 is 4. The van der Waals surface area contributed by atoms with Crippen molar-refractivity contribution in [3.63, 3.8) is 0 Å². The number of anilines is 1. The number of rotatable bonds is 7. The van der Waals surface area contributed by atoms with E-state index in [1.54, 1.807) is 44.6 Å². The first-order valence-corrected chi connectivity index (χ1v) is 7.82. The Morgan fingerprint density at radius 2 is 1.60 bits per heavy atom. The van der Waals surface area contributed by atoms with Gasteiger partial charge in [-0.3, -0.25) is 4.79 Å². The van der Waals surface area contributed by atoms with Gasteiger partial charge >= 0.3 is 0 Å². The Morgan fingerprint density at radius 3 is 2.20 bits per heavy atom. The summed E-state index contributed by atoms with van der Waals surface area (Å²) in [6, 6.07) is 8.50. The van der Waals surface area contributed by atoms with Crippen molar-refractivity contribution in [3.05, 3.63) is 40.9 Å². The number of benzene rings is 2. The van der Waals surface area contributed by atoms with Gasteiger partial charge in [0, 0.05) is 23.8 Å². The maximum Gasteiger partial charge on any atom is 0.229 e. The number of nitrogens with one attached hydrogen (secondary N) is 1. The van der Waals surface area contributed by atoms with Crippen molar-refractivity contribution in [1.82, 2.24) is 0 Å². The first-order valence-electron chi connectivity index (χ1n) is 7.44. The summed E-state index contributed by atoms with van der Waals surface area (Å²) in [5, 5.41) is 3.20. The number of amides is 1. The molecule has 2 aromatic carbocycles. The normalized spacial score (nSPS) is 10.1. The number of carbonyl (C=O) groups is 1. The summed E-state index contributed by atoms with van der Waals surface area (Å²) in [6.07, 6.45) is 0.126. The van der Waals surface area contributed by atoms with E-state index in [-0.39, 0.29) is 12.3 Å². The van der Waals surface area contributed by atoms with Crippen LogP contribution in [0.15, 0.2) is 30.3 Å². The van der Waals surface area contributed by atoms with Crippen molar-refractivity contribution in [2.45, 2.75) is 6.42 Å². The predicted octanol–water partition coefficient (Wildman–Crippen LogP) is 3.56. The molecule has 1 N–H and O–H groups in total. The summed E-state index contributed by atoms with van der Waals surface area (Å²) >= 11 is 6.07. The Morgan fingerprint density at radius 1 is 0.920 bits per heavy atom. The first kappa shape index (κ1) is 18.7. The number of halogens is 1. The Kier molecular flexibility index (Phi) is 6.36. The number of ether oxygens (including phenoxy) is 4. The van der Waals surface area contributed by atoms with Crippen molar-refractivity contribution < 1.29 is 23.7 Å². The van der Waals surface area contributed by atoms with E-state index in [2.05, 4.69) is 5.32 Å². The molecule has 0 saturated carbocycles. The molecular weight excluding hydrogens is 346 g/mol. The Bertz CT molecular complexity index is 763. The molecule has 0 fully saturated rings. The van der Waals surface area contributed by atoms with Gasteiger partial charge in [0.05, 0.1) is 45.6 Å². The minimum Gasteiger partial charge on any atom is -0.497 e. The van der Waals surface area contributed by atoms with Crippen LogP contribution in [0.4, 0.5) is 5.69 Å². The molecule has 0 radical (unpaired) electrons. The van der Waals surface area contributed by atoms with Gasteiger partial charge in [0.2, 0.25) is 5.91 Å². The first-order chi connectivity index (χ1) is 12.0. The second kappa shape index (κ2) is 8.48. The Hall–Kier alpha value is -2.60. The molecule has 7 heteroatoms. The van der Waals surface area contributed by atoms with Crippen LogP contribution in [0.2, 0.25) is 5.02 Å². The van der Waals surface area contributed by atoms with Crippen molar-refractivity contribution in [2.24, 2.45) is 0 Å². The molecule has 0 aliphatic rings. The van der Waals surface area contributed by atoms with Crippen molar-refractivity contribution in [2.75, 3.05) is 33.8 Å². The van der Waals surface area contributed by atoms with E-state index in [9.17, 15) is 4.79 Å². The summed E-state index contributed by atoms with van der Waals surface area (Å²) in [5.41, 5.74) is 1.21. The van der Waals surface area contributed by atoms with Gasteiger partial charge in [0.15, 0.2) is 0 Å². The molecule has 2 rings (SSSR count). The van der Waals surface area contributed by atoms with E-state index < -0.39 is 0 Å². The predicted molar refractivity (Wildman–Crippen MR) is 96.4 cm³/mol. The molecule has 134 valence electrons. The quantitative estimate of drug-likeness (QED) is 0.812. The lowest BCUT2D eigenvalue weighted by molar-refractivity contribution is -0.115. The average molecular weight is 366 g/mol. The fourth-order valence-corrected chi connectivity index (χ4v) is 2.55. The van der Waals surface area contributed by atoms with Crippen LogP contribution < -0.4 is 24.3 Å². The van der Waals surface area contributed by atoms with Crippen LogP contribution in [-0.4, -0.2) is 34.3 Å². The Balaban J connectivity index is 2.20. The molecule has 0 unspecified atom stereocenters. The van der Waals surface area contributed by atoms with Crippen LogP contribution in [0, 0.1) is 0 Å². The molecule has 2 aromatic rings. The van der Waals surface area contributed by atoms with Crippen molar-refractivity contribution in [3.8, 4) is 23.0 Å². The highest BCUT2D eigenvalue weighted by Crippen LogP contribution is 2.36. The van der Waals surface area contributed by atoms with Crippen LogP contribution >= 0.6 is 11.6 Å². The molecule has 0 aliphatic carbocycles. The van der Waals surface area contributed by atoms with Crippen LogP contribution in [0.5, 0.6) is 23.0 Å². The van der Waals surface area contributed by atoms with E-state index >= 15 is 0 Å². The molecule has 0 spiro atoms. The minimum absolute atomic E-state index is 0.126. The summed E-state index contributed by atoms with van der Waals surface area (Å²) in [7, 11) is 6.12. The molecular formula is C18H20ClNO5. The maximum atomic E-state index is 12.4. The minimum atomic E-state index is -0.230. The summed E-state index contributed by atoms with van der Waals surface area (Å²) in [6.45, 7) is 0. The van der Waals surface area contributed by atoms with Crippen LogP contribution in [-0.2, 0) is 11.2 Å². The van der Waals surface area contributed by atoms with E-state index in [4.69, 9.17) is 30.5 Å². The van der Waals surface area contributed by atoms with E-state index in [1.807, 2.05) is 0 Å². The molecule has 25 heavy (non-hydrogen) atoms. The standard InChI is InChI=1S/C18H20ClNO5/c1-22-12-6-5-11(15(8-12)23-2)7-18(21)20-14-10-16(24-3)13(19)9-17(14)25-4/h5-6,8-10H,7H2,1-4H3,(H,20,21). The van der Waals surface area contributed by atoms with Gasteiger partial charge in [-0.05, 0) is 6.07 Å². The van der Waals surface area contributed by atoms with E-state index in [0.29, 0.717) is 33.7 Å². The Labute approximate surface area is 151 Å². The number of hydrogen-bond donors (Lipinski definition) is 1. The lowest BCUT2D eigenvalue weighted by Crippen LogP contribution is -2.15. The van der Waals surface area contributed by atoms with Crippen LogP contribution in [0.3, 0.4) is 0 Å². The summed E-state index contributed by atoms with van der Waals surface area (Å²) < 4.78 is 20.9. The van der Waals surface area contributed by atoms with Gasteiger partial charge in [-0.25, -0.2) is 0 Å². The third-order valence-electron chi connectivity index (χ3n) is 3.59. The van der Waals surface area contributed by atoms with Gasteiger partial charge in [-0.1, -0.05) is 17.7 Å². The van der Waals surface area contributed by atoms with Crippen LogP contribution in [0.1, 0.15) is 5.56 Å². The highest BCUT2D eigenvalue weighted by atomic mass is 35.5. The second-order valence-corrected chi connectivity index (χ2v) is 5.50. The highest BCUT2D eigenvalue weighted by molar-refractivity contribution is 6.32. The summed E-state index contributed by atoms with van der Waals surface area (Å²) in [5.74, 6) is 1.90. The fourth-order valence-electron chi connectivity index (χ4n) is 2.32. The largest absolute Gasteiger partial charge is 0.497 e.